The third-order valence-electron chi connectivity index (χ3n) is 4.34. The molecule has 0 radical (unpaired) electrons. The Kier molecular flexibility index (Phi) is 5.67. The fourth-order valence-electron chi connectivity index (χ4n) is 2.96. The Balaban J connectivity index is 1.85. The Bertz CT molecular complexity index is 1240. The Morgan fingerprint density at radius 3 is 2.50 bits per heavy atom. The summed E-state index contributed by atoms with van der Waals surface area (Å²) in [6.45, 7) is 0. The van der Waals surface area contributed by atoms with Crippen LogP contribution in [0.2, 0.25) is 10.0 Å². The number of nitrogens with zero attached hydrogens (tertiary/aromatic N) is 3. The van der Waals surface area contributed by atoms with Gasteiger partial charge in [0.05, 0.1) is 28.4 Å². The van der Waals surface area contributed by atoms with Gasteiger partial charge in [-0.3, -0.25) is 0 Å². The van der Waals surface area contributed by atoms with Crippen LogP contribution in [0, 0.1) is 0 Å². The van der Waals surface area contributed by atoms with Crippen LogP contribution in [0.25, 0.3) is 33.0 Å². The van der Waals surface area contributed by atoms with Crippen LogP contribution >= 0.6 is 34.5 Å². The number of carboxylic acids is 1. The molecule has 6 nitrogen and oxygen atoms in total. The van der Waals surface area contributed by atoms with Crippen molar-refractivity contribution in [3.05, 3.63) is 69.8 Å². The van der Waals surface area contributed by atoms with Gasteiger partial charge in [0, 0.05) is 40.0 Å². The molecular formula is C21H13Cl2N3O3S. The van der Waals surface area contributed by atoms with Gasteiger partial charge in [-0.25, -0.2) is 19.7 Å². The van der Waals surface area contributed by atoms with E-state index < -0.39 is 5.97 Å². The maximum Gasteiger partial charge on any atom is 0.336 e. The highest BCUT2D eigenvalue weighted by molar-refractivity contribution is 7.13. The summed E-state index contributed by atoms with van der Waals surface area (Å²) < 4.78 is 5.00. The van der Waals surface area contributed by atoms with E-state index in [1.807, 2.05) is 17.5 Å². The third kappa shape index (κ3) is 3.87. The van der Waals surface area contributed by atoms with Crippen molar-refractivity contribution in [3.8, 4) is 39.0 Å². The predicted octanol–water partition coefficient (Wildman–Crippen LogP) is 5.95. The number of rotatable bonds is 5. The SMILES string of the molecule is COc1ncc(-c2c(C(=O)O)cccc2-c2nc(-c3ccc(Cl)c(Cl)c3)cs2)cn1. The molecule has 0 unspecified atom stereocenters. The second kappa shape index (κ2) is 8.39. The Labute approximate surface area is 185 Å². The highest BCUT2D eigenvalue weighted by atomic mass is 35.5. The first-order valence-electron chi connectivity index (χ1n) is 8.62. The fourth-order valence-corrected chi connectivity index (χ4v) is 4.11. The lowest BCUT2D eigenvalue weighted by atomic mass is 9.96. The minimum atomic E-state index is -1.05. The molecule has 0 amide bonds. The van der Waals surface area contributed by atoms with Crippen molar-refractivity contribution in [2.24, 2.45) is 0 Å². The molecule has 150 valence electrons. The maximum atomic E-state index is 11.9. The second-order valence-corrected chi connectivity index (χ2v) is 7.83. The van der Waals surface area contributed by atoms with Crippen LogP contribution in [0.4, 0.5) is 0 Å². The lowest BCUT2D eigenvalue weighted by molar-refractivity contribution is 0.0698. The zero-order valence-electron chi connectivity index (χ0n) is 15.5. The molecule has 0 aliphatic heterocycles. The van der Waals surface area contributed by atoms with Gasteiger partial charge in [0.2, 0.25) is 0 Å². The van der Waals surface area contributed by atoms with Crippen LogP contribution in [-0.2, 0) is 0 Å². The second-order valence-electron chi connectivity index (χ2n) is 6.16. The number of carboxylic acid groups (broad SMARTS) is 1. The van der Waals surface area contributed by atoms with Gasteiger partial charge in [-0.2, -0.15) is 0 Å². The summed E-state index contributed by atoms with van der Waals surface area (Å²) in [5, 5.41) is 13.2. The van der Waals surface area contributed by atoms with Crippen molar-refractivity contribution in [3.63, 3.8) is 0 Å². The molecule has 0 fully saturated rings. The van der Waals surface area contributed by atoms with E-state index in [1.165, 1.54) is 30.8 Å². The van der Waals surface area contributed by atoms with Crippen molar-refractivity contribution in [1.82, 2.24) is 15.0 Å². The molecule has 2 heterocycles. The number of methoxy groups -OCH3 is 1. The molecule has 0 aliphatic carbocycles. The van der Waals surface area contributed by atoms with Crippen molar-refractivity contribution in [2.75, 3.05) is 7.11 Å². The maximum absolute atomic E-state index is 11.9. The van der Waals surface area contributed by atoms with Crippen LogP contribution in [-0.4, -0.2) is 33.1 Å². The standard InChI is InChI=1S/C21H13Cl2N3O3S/c1-29-21-24-8-12(9-25-21)18-13(3-2-4-14(18)20(27)28)19-26-17(10-30-19)11-5-6-15(22)16(23)7-11/h2-10H,1H3,(H,27,28). The number of carbonyl (C=O) groups is 1. The number of thiazole rings is 1. The van der Waals surface area contributed by atoms with Gasteiger partial charge < -0.3 is 9.84 Å². The zero-order chi connectivity index (χ0) is 21.3. The number of halogens is 2. The molecule has 0 spiro atoms. The number of hydrogen-bond donors (Lipinski definition) is 1. The summed E-state index contributed by atoms with van der Waals surface area (Å²) in [6, 6.07) is 10.5. The van der Waals surface area contributed by atoms with Crippen molar-refractivity contribution < 1.29 is 14.6 Å². The summed E-state index contributed by atoms with van der Waals surface area (Å²) >= 11 is 13.5. The van der Waals surface area contributed by atoms with E-state index in [1.54, 1.807) is 24.3 Å². The molecule has 0 saturated heterocycles. The monoisotopic (exact) mass is 457 g/mol. The van der Waals surface area contributed by atoms with Crippen molar-refractivity contribution in [2.45, 2.75) is 0 Å². The smallest absolute Gasteiger partial charge is 0.336 e. The lowest BCUT2D eigenvalue weighted by Gasteiger charge is -2.11. The summed E-state index contributed by atoms with van der Waals surface area (Å²) in [7, 11) is 1.46. The molecule has 0 aliphatic rings. The van der Waals surface area contributed by atoms with Crippen molar-refractivity contribution in [1.29, 1.82) is 0 Å². The van der Waals surface area contributed by atoms with Gasteiger partial charge in [-0.05, 0) is 18.2 Å². The molecule has 0 atom stereocenters. The average Bonchev–Trinajstić information content (AvgIpc) is 3.25. The minimum Gasteiger partial charge on any atom is -0.478 e. The first kappa shape index (κ1) is 20.3. The molecule has 2 aromatic carbocycles. The highest BCUT2D eigenvalue weighted by Crippen LogP contribution is 2.38. The topological polar surface area (TPSA) is 85.2 Å². The highest BCUT2D eigenvalue weighted by Gasteiger charge is 2.20. The molecule has 2 aromatic heterocycles. The third-order valence-corrected chi connectivity index (χ3v) is 5.96. The normalized spacial score (nSPS) is 10.8. The molecule has 0 saturated carbocycles. The first-order valence-corrected chi connectivity index (χ1v) is 10.3. The Morgan fingerprint density at radius 1 is 1.07 bits per heavy atom. The fraction of sp³-hybridized carbons (Fsp3) is 0.0476. The average molecular weight is 458 g/mol. The molecule has 4 rings (SSSR count). The molecule has 1 N–H and O–H groups in total. The first-order chi connectivity index (χ1) is 14.5. The Hall–Kier alpha value is -3.00. The zero-order valence-corrected chi connectivity index (χ0v) is 17.8. The van der Waals surface area contributed by atoms with E-state index in [4.69, 9.17) is 32.9 Å². The number of hydrogen-bond acceptors (Lipinski definition) is 6. The van der Waals surface area contributed by atoms with E-state index in [9.17, 15) is 9.90 Å². The molecular weight excluding hydrogens is 445 g/mol. The Morgan fingerprint density at radius 2 is 1.83 bits per heavy atom. The predicted molar refractivity (Wildman–Crippen MR) is 118 cm³/mol. The molecule has 0 bridgehead atoms. The number of benzene rings is 2. The van der Waals surface area contributed by atoms with Crippen LogP contribution in [0.1, 0.15) is 10.4 Å². The van der Waals surface area contributed by atoms with E-state index in [2.05, 4.69) is 9.97 Å². The van der Waals surface area contributed by atoms with Gasteiger partial charge in [-0.1, -0.05) is 41.4 Å². The van der Waals surface area contributed by atoms with Gasteiger partial charge in [0.1, 0.15) is 5.01 Å². The number of ether oxygens (including phenoxy) is 1. The van der Waals surface area contributed by atoms with E-state index in [-0.39, 0.29) is 11.6 Å². The van der Waals surface area contributed by atoms with Gasteiger partial charge in [-0.15, -0.1) is 11.3 Å². The van der Waals surface area contributed by atoms with Crippen LogP contribution in [0.3, 0.4) is 0 Å². The van der Waals surface area contributed by atoms with Crippen LogP contribution in [0.15, 0.2) is 54.2 Å². The molecule has 9 heteroatoms. The summed E-state index contributed by atoms with van der Waals surface area (Å²) in [5.41, 5.74) is 3.37. The minimum absolute atomic E-state index is 0.132. The van der Waals surface area contributed by atoms with E-state index >= 15 is 0 Å². The lowest BCUT2D eigenvalue weighted by Crippen LogP contribution is -2.02. The van der Waals surface area contributed by atoms with Gasteiger partial charge >= 0.3 is 12.0 Å². The van der Waals surface area contributed by atoms with Crippen molar-refractivity contribution >= 4 is 40.5 Å². The summed E-state index contributed by atoms with van der Waals surface area (Å²) in [4.78, 5) is 24.8. The summed E-state index contributed by atoms with van der Waals surface area (Å²) in [5.74, 6) is -1.05. The quantitative estimate of drug-likeness (QED) is 0.398. The van der Waals surface area contributed by atoms with Gasteiger partial charge in [0.15, 0.2) is 0 Å². The number of aromatic nitrogens is 3. The van der Waals surface area contributed by atoms with E-state index in [0.717, 1.165) is 5.56 Å². The van der Waals surface area contributed by atoms with Gasteiger partial charge in [0.25, 0.3) is 0 Å². The summed E-state index contributed by atoms with van der Waals surface area (Å²) in [6.07, 6.45) is 3.06. The van der Waals surface area contributed by atoms with Crippen LogP contribution in [0.5, 0.6) is 6.01 Å². The van der Waals surface area contributed by atoms with E-state index in [0.29, 0.717) is 37.4 Å². The van der Waals surface area contributed by atoms with Crippen LogP contribution < -0.4 is 4.74 Å². The molecule has 4 aromatic rings. The molecule has 30 heavy (non-hydrogen) atoms. The largest absolute Gasteiger partial charge is 0.478 e. The number of aromatic carboxylic acids is 1.